The second-order valence-electron chi connectivity index (χ2n) is 8.54. The fraction of sp³-hybridized carbons (Fsp3) is 0.231. The van der Waals surface area contributed by atoms with Crippen LogP contribution in [0.15, 0.2) is 66.0 Å². The van der Waals surface area contributed by atoms with E-state index in [1.165, 1.54) is 5.56 Å². The molecule has 4 heterocycles. The Morgan fingerprint density at radius 3 is 2.63 bits per heavy atom. The van der Waals surface area contributed by atoms with Crippen LogP contribution in [0.5, 0.6) is 11.5 Å². The van der Waals surface area contributed by atoms with Crippen LogP contribution in [0.2, 0.25) is 5.02 Å². The van der Waals surface area contributed by atoms with Crippen molar-refractivity contribution in [1.29, 1.82) is 0 Å². The zero-order valence-corrected chi connectivity index (χ0v) is 20.5. The van der Waals surface area contributed by atoms with E-state index in [-0.39, 0.29) is 12.7 Å². The summed E-state index contributed by atoms with van der Waals surface area (Å²) >= 11 is 7.84. The summed E-state index contributed by atoms with van der Waals surface area (Å²) in [4.78, 5) is 18.9. The second kappa shape index (κ2) is 9.37. The lowest BCUT2D eigenvalue weighted by atomic mass is 10.1. The molecule has 9 heteroatoms. The number of carbonyl (C=O) groups excluding carboxylic acids is 1. The number of ether oxygens (including phenoxy) is 2. The summed E-state index contributed by atoms with van der Waals surface area (Å²) < 4.78 is 12.6. The maximum absolute atomic E-state index is 13.6. The molecule has 0 spiro atoms. The van der Waals surface area contributed by atoms with Crippen LogP contribution in [-0.2, 0) is 6.54 Å². The van der Waals surface area contributed by atoms with Gasteiger partial charge in [-0.15, -0.1) is 11.3 Å². The van der Waals surface area contributed by atoms with E-state index in [4.69, 9.17) is 26.2 Å². The number of hydrogen-bond donors (Lipinski definition) is 0. The molecule has 0 saturated carbocycles. The minimum absolute atomic E-state index is 0.0250. The van der Waals surface area contributed by atoms with E-state index < -0.39 is 0 Å². The molecule has 0 atom stereocenters. The molecule has 0 aliphatic carbocycles. The van der Waals surface area contributed by atoms with Crippen molar-refractivity contribution >= 4 is 28.8 Å². The summed E-state index contributed by atoms with van der Waals surface area (Å²) in [6.07, 6.45) is 0. The molecule has 2 aliphatic heterocycles. The minimum Gasteiger partial charge on any atom is -0.454 e. The Kier molecular flexibility index (Phi) is 5.93. The van der Waals surface area contributed by atoms with Gasteiger partial charge in [-0.3, -0.25) is 9.69 Å². The lowest BCUT2D eigenvalue weighted by Gasteiger charge is -2.34. The highest BCUT2D eigenvalue weighted by molar-refractivity contribution is 7.13. The second-order valence-corrected chi connectivity index (χ2v) is 9.92. The number of carbonyl (C=O) groups is 1. The third-order valence-corrected chi connectivity index (χ3v) is 7.39. The monoisotopic (exact) mass is 506 g/mol. The summed E-state index contributed by atoms with van der Waals surface area (Å²) in [5, 5.41) is 7.38. The number of fused-ring (bicyclic) bond motifs is 1. The number of amides is 1. The fourth-order valence-corrected chi connectivity index (χ4v) is 5.32. The van der Waals surface area contributed by atoms with Crippen LogP contribution >= 0.6 is 22.9 Å². The van der Waals surface area contributed by atoms with Gasteiger partial charge in [0, 0.05) is 37.7 Å². The van der Waals surface area contributed by atoms with Gasteiger partial charge in [0.25, 0.3) is 5.91 Å². The van der Waals surface area contributed by atoms with Gasteiger partial charge in [0.2, 0.25) is 6.79 Å². The summed E-state index contributed by atoms with van der Waals surface area (Å²) in [6.45, 7) is 3.98. The van der Waals surface area contributed by atoms with Gasteiger partial charge in [-0.05, 0) is 53.4 Å². The number of benzene rings is 2. The topological polar surface area (TPSA) is 59.8 Å². The van der Waals surface area contributed by atoms with Crippen molar-refractivity contribution in [3.8, 4) is 27.8 Å². The van der Waals surface area contributed by atoms with Gasteiger partial charge >= 0.3 is 0 Å². The third-order valence-electron chi connectivity index (χ3n) is 6.26. The van der Waals surface area contributed by atoms with E-state index in [0.29, 0.717) is 23.8 Å². The predicted molar refractivity (Wildman–Crippen MR) is 136 cm³/mol. The molecule has 0 unspecified atom stereocenters. The van der Waals surface area contributed by atoms with Crippen LogP contribution in [0.3, 0.4) is 0 Å². The summed E-state index contributed by atoms with van der Waals surface area (Å²) in [5.41, 5.74) is 3.27. The van der Waals surface area contributed by atoms with E-state index in [1.54, 1.807) is 16.0 Å². The maximum atomic E-state index is 13.6. The summed E-state index contributed by atoms with van der Waals surface area (Å²) in [7, 11) is 0. The van der Waals surface area contributed by atoms with Gasteiger partial charge in [-0.25, -0.2) is 4.68 Å². The molecule has 2 aromatic carbocycles. The molecular formula is C26H23ClN4O3S. The normalized spacial score (nSPS) is 15.5. The van der Waals surface area contributed by atoms with Crippen molar-refractivity contribution in [1.82, 2.24) is 19.6 Å². The van der Waals surface area contributed by atoms with Gasteiger partial charge in [-0.2, -0.15) is 5.10 Å². The Bertz CT molecular complexity index is 1360. The average Bonchev–Trinajstić information content (AvgIpc) is 3.64. The van der Waals surface area contributed by atoms with Crippen LogP contribution in [0.25, 0.3) is 16.3 Å². The van der Waals surface area contributed by atoms with Crippen LogP contribution in [0.1, 0.15) is 16.1 Å². The summed E-state index contributed by atoms with van der Waals surface area (Å²) in [5.74, 6) is 1.57. The highest BCUT2D eigenvalue weighted by Crippen LogP contribution is 2.33. The zero-order valence-electron chi connectivity index (χ0n) is 18.9. The van der Waals surface area contributed by atoms with E-state index in [1.807, 2.05) is 64.9 Å². The van der Waals surface area contributed by atoms with Gasteiger partial charge in [0.15, 0.2) is 11.5 Å². The van der Waals surface area contributed by atoms with Crippen molar-refractivity contribution in [3.05, 3.63) is 82.3 Å². The molecule has 2 aromatic heterocycles. The average molecular weight is 507 g/mol. The zero-order chi connectivity index (χ0) is 23.8. The molecule has 4 aromatic rings. The van der Waals surface area contributed by atoms with Gasteiger partial charge in [0.05, 0.1) is 10.6 Å². The number of halogens is 1. The van der Waals surface area contributed by atoms with E-state index in [9.17, 15) is 4.79 Å². The Labute approximate surface area is 212 Å². The van der Waals surface area contributed by atoms with Crippen molar-refractivity contribution in [2.75, 3.05) is 33.0 Å². The number of thiophene rings is 1. The largest absolute Gasteiger partial charge is 0.454 e. The molecule has 0 bridgehead atoms. The van der Waals surface area contributed by atoms with Gasteiger partial charge < -0.3 is 14.4 Å². The van der Waals surface area contributed by atoms with Gasteiger partial charge in [-0.1, -0.05) is 29.8 Å². The standard InChI is InChI=1S/C26H23ClN4O3S/c27-19-3-1-4-20(14-19)31-22(15-21(28-31)25-5-2-12-35-25)26(32)30-10-8-29(9-11-30)16-18-6-7-23-24(13-18)34-17-33-23/h1-7,12-15H,8-11,16-17H2. The predicted octanol–water partition coefficient (Wildman–Crippen LogP) is 4.94. The van der Waals surface area contributed by atoms with E-state index in [0.717, 1.165) is 47.4 Å². The Morgan fingerprint density at radius 2 is 1.83 bits per heavy atom. The molecular weight excluding hydrogens is 484 g/mol. The molecule has 1 amide bonds. The van der Waals surface area contributed by atoms with Crippen LogP contribution < -0.4 is 9.47 Å². The lowest BCUT2D eigenvalue weighted by molar-refractivity contribution is 0.0619. The van der Waals surface area contributed by atoms with Crippen molar-refractivity contribution in [2.45, 2.75) is 6.54 Å². The van der Waals surface area contributed by atoms with Gasteiger partial charge in [0.1, 0.15) is 11.4 Å². The number of hydrogen-bond acceptors (Lipinski definition) is 6. The SMILES string of the molecule is O=C(c1cc(-c2cccs2)nn1-c1cccc(Cl)c1)N1CCN(Cc2ccc3c(c2)OCO3)CC1. The molecule has 6 rings (SSSR count). The first-order valence-corrected chi connectivity index (χ1v) is 12.7. The van der Waals surface area contributed by atoms with E-state index in [2.05, 4.69) is 11.0 Å². The molecule has 7 nitrogen and oxygen atoms in total. The van der Waals surface area contributed by atoms with Crippen molar-refractivity contribution in [3.63, 3.8) is 0 Å². The highest BCUT2D eigenvalue weighted by atomic mass is 35.5. The smallest absolute Gasteiger partial charge is 0.272 e. The molecule has 0 N–H and O–H groups in total. The van der Waals surface area contributed by atoms with Crippen LogP contribution in [0, 0.1) is 0 Å². The molecule has 35 heavy (non-hydrogen) atoms. The first kappa shape index (κ1) is 22.2. The highest BCUT2D eigenvalue weighted by Gasteiger charge is 2.27. The number of piperazine rings is 1. The lowest BCUT2D eigenvalue weighted by Crippen LogP contribution is -2.48. The molecule has 1 saturated heterocycles. The molecule has 178 valence electrons. The van der Waals surface area contributed by atoms with Crippen LogP contribution in [-0.4, -0.2) is 58.5 Å². The van der Waals surface area contributed by atoms with Crippen molar-refractivity contribution < 1.29 is 14.3 Å². The first-order valence-electron chi connectivity index (χ1n) is 11.4. The third kappa shape index (κ3) is 4.52. The van der Waals surface area contributed by atoms with E-state index >= 15 is 0 Å². The molecule has 1 fully saturated rings. The minimum atomic E-state index is -0.0250. The number of nitrogens with zero attached hydrogens (tertiary/aromatic N) is 4. The Balaban J connectivity index is 1.19. The Morgan fingerprint density at radius 1 is 0.971 bits per heavy atom. The molecule has 0 radical (unpaired) electrons. The van der Waals surface area contributed by atoms with Crippen LogP contribution in [0.4, 0.5) is 0 Å². The summed E-state index contributed by atoms with van der Waals surface area (Å²) in [6, 6.07) is 19.4. The quantitative estimate of drug-likeness (QED) is 0.383. The fourth-order valence-electron chi connectivity index (χ4n) is 4.45. The number of rotatable bonds is 5. The Hall–Kier alpha value is -3.33. The first-order chi connectivity index (χ1) is 17.1. The number of aromatic nitrogens is 2. The molecule has 2 aliphatic rings. The van der Waals surface area contributed by atoms with Crippen molar-refractivity contribution in [2.24, 2.45) is 0 Å². The maximum Gasteiger partial charge on any atom is 0.272 e.